The molecule has 9 heteroatoms. The fourth-order valence-electron chi connectivity index (χ4n) is 3.84. The molecule has 0 amide bonds. The van der Waals surface area contributed by atoms with E-state index in [1.165, 1.54) is 24.3 Å². The SMILES string of the molecule is CN(c1ccc(N(C)c2ccc([N+](=O)[O-])cc2)cc1)c1ccc(N(C)c2ccc([N+](=O)[O-])cc2)cc1. The van der Waals surface area contributed by atoms with E-state index >= 15 is 0 Å². The first-order valence-electron chi connectivity index (χ1n) is 11.1. The lowest BCUT2D eigenvalue weighted by Crippen LogP contribution is -2.12. The van der Waals surface area contributed by atoms with Crippen LogP contribution in [0.1, 0.15) is 0 Å². The van der Waals surface area contributed by atoms with Crippen LogP contribution in [0.15, 0.2) is 97.1 Å². The first-order chi connectivity index (χ1) is 17.2. The molecule has 0 aromatic heterocycles. The van der Waals surface area contributed by atoms with Crippen molar-refractivity contribution < 1.29 is 9.85 Å². The lowest BCUT2D eigenvalue weighted by molar-refractivity contribution is -0.385. The van der Waals surface area contributed by atoms with Crippen LogP contribution in [0.5, 0.6) is 0 Å². The summed E-state index contributed by atoms with van der Waals surface area (Å²) in [5.74, 6) is 0. The Morgan fingerprint density at radius 1 is 0.417 bits per heavy atom. The third kappa shape index (κ3) is 5.10. The number of hydrogen-bond acceptors (Lipinski definition) is 7. The molecule has 182 valence electrons. The average Bonchev–Trinajstić information content (AvgIpc) is 2.92. The molecule has 36 heavy (non-hydrogen) atoms. The van der Waals surface area contributed by atoms with E-state index in [0.717, 1.165) is 34.1 Å². The summed E-state index contributed by atoms with van der Waals surface area (Å²) in [7, 11) is 5.82. The monoisotopic (exact) mass is 483 g/mol. The summed E-state index contributed by atoms with van der Waals surface area (Å²) in [5.41, 5.74) is 5.77. The molecule has 0 fully saturated rings. The minimum Gasteiger partial charge on any atom is -0.345 e. The molecule has 0 heterocycles. The Morgan fingerprint density at radius 3 is 0.750 bits per heavy atom. The van der Waals surface area contributed by atoms with Crippen LogP contribution in [-0.4, -0.2) is 31.0 Å². The number of non-ortho nitro benzene ring substituents is 2. The van der Waals surface area contributed by atoms with Crippen LogP contribution in [0.4, 0.5) is 45.5 Å². The summed E-state index contributed by atoms with van der Waals surface area (Å²) in [6, 6.07) is 29.0. The van der Waals surface area contributed by atoms with Crippen LogP contribution in [0.2, 0.25) is 0 Å². The van der Waals surface area contributed by atoms with Crippen LogP contribution in [0.25, 0.3) is 0 Å². The van der Waals surface area contributed by atoms with Crippen LogP contribution in [0, 0.1) is 20.2 Å². The molecule has 0 aliphatic rings. The molecule has 0 radical (unpaired) electrons. The Bertz CT molecular complexity index is 1250. The van der Waals surface area contributed by atoms with Crippen LogP contribution < -0.4 is 14.7 Å². The van der Waals surface area contributed by atoms with Gasteiger partial charge in [0.2, 0.25) is 0 Å². The highest BCUT2D eigenvalue weighted by Crippen LogP contribution is 2.32. The minimum absolute atomic E-state index is 0.0640. The van der Waals surface area contributed by atoms with E-state index in [-0.39, 0.29) is 11.4 Å². The van der Waals surface area contributed by atoms with Gasteiger partial charge in [-0.1, -0.05) is 0 Å². The van der Waals surface area contributed by atoms with Crippen molar-refractivity contribution in [1.29, 1.82) is 0 Å². The molecule has 4 aromatic rings. The van der Waals surface area contributed by atoms with Gasteiger partial charge in [-0.15, -0.1) is 0 Å². The molecule has 0 spiro atoms. The standard InChI is InChI=1S/C27H25N5O4/c1-28(20-4-8-22(9-5-20)29(2)24-12-16-26(17-13-24)31(33)34)21-6-10-23(11-7-21)30(3)25-14-18-27(19-15-25)32(35)36/h4-19H,1-3H3. The van der Waals surface area contributed by atoms with Crippen molar-refractivity contribution in [2.75, 3.05) is 35.8 Å². The quantitative estimate of drug-likeness (QED) is 0.201. The Labute approximate surface area is 208 Å². The summed E-state index contributed by atoms with van der Waals surface area (Å²) in [5, 5.41) is 21.8. The average molecular weight is 484 g/mol. The normalized spacial score (nSPS) is 10.5. The maximum atomic E-state index is 10.9. The molecule has 0 atom stereocenters. The summed E-state index contributed by atoms with van der Waals surface area (Å²) in [4.78, 5) is 27.0. The largest absolute Gasteiger partial charge is 0.345 e. The van der Waals surface area contributed by atoms with E-state index in [9.17, 15) is 20.2 Å². The zero-order valence-electron chi connectivity index (χ0n) is 20.1. The molecule has 4 rings (SSSR count). The first-order valence-corrected chi connectivity index (χ1v) is 11.1. The maximum Gasteiger partial charge on any atom is 0.269 e. The molecule has 0 N–H and O–H groups in total. The summed E-state index contributed by atoms with van der Waals surface area (Å²) < 4.78 is 0. The molecular formula is C27H25N5O4. The zero-order chi connectivity index (χ0) is 25.8. The van der Waals surface area contributed by atoms with Gasteiger partial charge >= 0.3 is 0 Å². The minimum atomic E-state index is -0.408. The third-order valence-electron chi connectivity index (χ3n) is 6.14. The number of nitrogens with zero attached hydrogens (tertiary/aromatic N) is 5. The van der Waals surface area contributed by atoms with Gasteiger partial charge in [0, 0.05) is 79.5 Å². The van der Waals surface area contributed by atoms with Crippen molar-refractivity contribution in [3.05, 3.63) is 117 Å². The van der Waals surface area contributed by atoms with Gasteiger partial charge in [0.15, 0.2) is 0 Å². The number of hydrogen-bond donors (Lipinski definition) is 0. The fraction of sp³-hybridized carbons (Fsp3) is 0.111. The van der Waals surface area contributed by atoms with Gasteiger partial charge in [-0.3, -0.25) is 20.2 Å². The highest BCUT2D eigenvalue weighted by Gasteiger charge is 2.11. The molecule has 0 unspecified atom stereocenters. The van der Waals surface area contributed by atoms with Crippen molar-refractivity contribution in [3.8, 4) is 0 Å². The van der Waals surface area contributed by atoms with Gasteiger partial charge in [0.25, 0.3) is 11.4 Å². The Hall–Kier alpha value is -4.92. The van der Waals surface area contributed by atoms with Gasteiger partial charge in [0.1, 0.15) is 0 Å². The Morgan fingerprint density at radius 2 is 0.583 bits per heavy atom. The van der Waals surface area contributed by atoms with Crippen molar-refractivity contribution in [3.63, 3.8) is 0 Å². The molecular weight excluding hydrogens is 458 g/mol. The summed E-state index contributed by atoms with van der Waals surface area (Å²) in [6.45, 7) is 0. The second kappa shape index (κ2) is 10.1. The lowest BCUT2D eigenvalue weighted by Gasteiger charge is -2.24. The molecule has 0 saturated heterocycles. The van der Waals surface area contributed by atoms with Gasteiger partial charge in [-0.05, 0) is 72.8 Å². The fourth-order valence-corrected chi connectivity index (χ4v) is 3.84. The Kier molecular flexibility index (Phi) is 6.82. The highest BCUT2D eigenvalue weighted by molar-refractivity contribution is 5.71. The number of nitro groups is 2. The van der Waals surface area contributed by atoms with E-state index in [1.807, 2.05) is 79.5 Å². The second-order valence-corrected chi connectivity index (χ2v) is 8.26. The predicted molar refractivity (Wildman–Crippen MR) is 143 cm³/mol. The molecule has 0 saturated carbocycles. The van der Waals surface area contributed by atoms with Crippen LogP contribution in [-0.2, 0) is 0 Å². The molecule has 9 nitrogen and oxygen atoms in total. The van der Waals surface area contributed by atoms with Gasteiger partial charge in [-0.2, -0.15) is 0 Å². The highest BCUT2D eigenvalue weighted by atomic mass is 16.6. The molecule has 0 aliphatic heterocycles. The van der Waals surface area contributed by atoms with E-state index in [2.05, 4.69) is 4.90 Å². The number of nitro benzene ring substituents is 2. The molecule has 0 bridgehead atoms. The predicted octanol–water partition coefficient (Wildman–Crippen LogP) is 6.81. The molecule has 4 aromatic carbocycles. The lowest BCUT2D eigenvalue weighted by atomic mass is 10.2. The van der Waals surface area contributed by atoms with Crippen molar-refractivity contribution in [1.82, 2.24) is 0 Å². The number of benzene rings is 4. The Balaban J connectivity index is 1.45. The van der Waals surface area contributed by atoms with Gasteiger partial charge in [-0.25, -0.2) is 0 Å². The van der Waals surface area contributed by atoms with E-state index in [0.29, 0.717) is 0 Å². The second-order valence-electron chi connectivity index (χ2n) is 8.26. The number of rotatable bonds is 8. The van der Waals surface area contributed by atoms with Crippen molar-refractivity contribution >= 4 is 45.5 Å². The van der Waals surface area contributed by atoms with Gasteiger partial charge in [0.05, 0.1) is 9.85 Å². The maximum absolute atomic E-state index is 10.9. The smallest absolute Gasteiger partial charge is 0.269 e. The van der Waals surface area contributed by atoms with Gasteiger partial charge < -0.3 is 14.7 Å². The molecule has 0 aliphatic carbocycles. The van der Waals surface area contributed by atoms with E-state index in [4.69, 9.17) is 0 Å². The van der Waals surface area contributed by atoms with Crippen molar-refractivity contribution in [2.45, 2.75) is 0 Å². The topological polar surface area (TPSA) is 96.0 Å². The summed E-state index contributed by atoms with van der Waals surface area (Å²) >= 11 is 0. The first kappa shape index (κ1) is 24.2. The van der Waals surface area contributed by atoms with Crippen molar-refractivity contribution in [2.24, 2.45) is 0 Å². The van der Waals surface area contributed by atoms with Crippen LogP contribution >= 0.6 is 0 Å². The number of anilines is 6. The summed E-state index contributed by atoms with van der Waals surface area (Å²) in [6.07, 6.45) is 0. The third-order valence-corrected chi connectivity index (χ3v) is 6.14. The van der Waals surface area contributed by atoms with E-state index in [1.54, 1.807) is 24.3 Å². The van der Waals surface area contributed by atoms with Crippen LogP contribution in [0.3, 0.4) is 0 Å². The van der Waals surface area contributed by atoms with E-state index < -0.39 is 9.85 Å². The zero-order valence-corrected chi connectivity index (χ0v) is 20.1.